The smallest absolute Gasteiger partial charge is 0.459 e. The normalized spacial score (nSPS) is 23.7. The van der Waals surface area contributed by atoms with E-state index >= 15 is 4.39 Å². The van der Waals surface area contributed by atoms with Gasteiger partial charge in [0.2, 0.25) is 0 Å². The molecule has 2 unspecified atom stereocenters. The standard InChI is InChI=1S/C30H36F2N3O8P/c1-17(2)41-27(37)20(5)34-44(39,43-23-11-9-21(10-12-23)22-8-7-18(3)24(31)15-22)40-16-25-19(4)30(6,32)28(42-25)35-14-13-26(36)33-29(35)38/h7-15,17,19-20,25,28H,16H2,1-6H3,(H,34,39)(H,33,36,38)/t19?,20-,25+,28+,30+,44?/m0/s1. The van der Waals surface area contributed by atoms with Gasteiger partial charge in [-0.15, -0.1) is 0 Å². The molecule has 1 saturated heterocycles. The Labute approximate surface area is 253 Å². The average molecular weight is 636 g/mol. The molecule has 1 aliphatic heterocycles. The molecule has 14 heteroatoms. The van der Waals surface area contributed by atoms with Gasteiger partial charge in [0.05, 0.1) is 18.8 Å². The van der Waals surface area contributed by atoms with Crippen LogP contribution in [-0.2, 0) is 23.4 Å². The lowest BCUT2D eigenvalue weighted by Gasteiger charge is -2.26. The highest BCUT2D eigenvalue weighted by Gasteiger charge is 2.54. The summed E-state index contributed by atoms with van der Waals surface area (Å²) >= 11 is 0. The number of carbonyl (C=O) groups is 1. The van der Waals surface area contributed by atoms with E-state index in [1.165, 1.54) is 32.0 Å². The first kappa shape index (κ1) is 33.3. The Bertz CT molecular complexity index is 1660. The van der Waals surface area contributed by atoms with Crippen molar-refractivity contribution >= 4 is 13.7 Å². The predicted molar refractivity (Wildman–Crippen MR) is 158 cm³/mol. The van der Waals surface area contributed by atoms with Gasteiger partial charge in [-0.05, 0) is 69.5 Å². The molecule has 4 rings (SSSR count). The van der Waals surface area contributed by atoms with Crippen LogP contribution in [0, 0.1) is 18.7 Å². The molecule has 1 fully saturated rings. The molecule has 0 amide bonds. The molecule has 0 saturated carbocycles. The Morgan fingerprint density at radius 1 is 1.14 bits per heavy atom. The van der Waals surface area contributed by atoms with Crippen molar-refractivity contribution in [3.8, 4) is 16.9 Å². The number of aryl methyl sites for hydroxylation is 1. The van der Waals surface area contributed by atoms with Gasteiger partial charge in [-0.3, -0.25) is 23.7 Å². The maximum Gasteiger partial charge on any atom is 0.459 e. The summed E-state index contributed by atoms with van der Waals surface area (Å²) in [5.41, 5.74) is -1.79. The lowest BCUT2D eigenvalue weighted by Crippen LogP contribution is -2.40. The molecule has 3 aromatic rings. The fourth-order valence-corrected chi connectivity index (χ4v) is 6.15. The van der Waals surface area contributed by atoms with Gasteiger partial charge in [0, 0.05) is 18.2 Å². The van der Waals surface area contributed by atoms with E-state index in [1.807, 2.05) is 0 Å². The summed E-state index contributed by atoms with van der Waals surface area (Å²) in [6, 6.07) is 11.1. The van der Waals surface area contributed by atoms with E-state index in [2.05, 4.69) is 10.1 Å². The van der Waals surface area contributed by atoms with E-state index in [4.69, 9.17) is 18.5 Å². The Hall–Kier alpha value is -3.64. The lowest BCUT2D eigenvalue weighted by atomic mass is 9.90. The summed E-state index contributed by atoms with van der Waals surface area (Å²) in [6.45, 7) is 8.75. The molecule has 44 heavy (non-hydrogen) atoms. The van der Waals surface area contributed by atoms with Gasteiger partial charge < -0.3 is 14.0 Å². The van der Waals surface area contributed by atoms with Crippen LogP contribution in [0.5, 0.6) is 5.75 Å². The number of alkyl halides is 1. The fourth-order valence-electron chi connectivity index (χ4n) is 4.64. The van der Waals surface area contributed by atoms with Crippen LogP contribution in [0.25, 0.3) is 11.1 Å². The predicted octanol–water partition coefficient (Wildman–Crippen LogP) is 5.05. The Balaban J connectivity index is 1.55. The van der Waals surface area contributed by atoms with Crippen molar-refractivity contribution in [1.29, 1.82) is 0 Å². The second-order valence-corrected chi connectivity index (χ2v) is 12.9. The minimum absolute atomic E-state index is 0.106. The zero-order valence-electron chi connectivity index (χ0n) is 25.2. The van der Waals surface area contributed by atoms with Gasteiger partial charge in [0.1, 0.15) is 17.6 Å². The zero-order valence-corrected chi connectivity index (χ0v) is 26.1. The number of benzene rings is 2. The first-order chi connectivity index (χ1) is 20.6. The molecule has 0 aliphatic carbocycles. The Morgan fingerprint density at radius 2 is 1.80 bits per heavy atom. The number of esters is 1. The Morgan fingerprint density at radius 3 is 2.41 bits per heavy atom. The Kier molecular flexibility index (Phi) is 9.94. The van der Waals surface area contributed by atoms with Gasteiger partial charge in [0.15, 0.2) is 11.9 Å². The molecule has 6 atom stereocenters. The number of halogens is 2. The van der Waals surface area contributed by atoms with Crippen molar-refractivity contribution in [3.05, 3.63) is 86.9 Å². The largest absolute Gasteiger partial charge is 0.462 e. The first-order valence-electron chi connectivity index (χ1n) is 14.0. The molecule has 0 spiro atoms. The third-order valence-electron chi connectivity index (χ3n) is 7.39. The van der Waals surface area contributed by atoms with E-state index in [0.29, 0.717) is 16.7 Å². The summed E-state index contributed by atoms with van der Waals surface area (Å²) < 4.78 is 67.4. The number of nitrogens with zero attached hydrogens (tertiary/aromatic N) is 1. The van der Waals surface area contributed by atoms with Crippen LogP contribution in [0.2, 0.25) is 0 Å². The van der Waals surface area contributed by atoms with Gasteiger partial charge in [-0.25, -0.2) is 18.1 Å². The molecule has 0 bridgehead atoms. The molecule has 11 nitrogen and oxygen atoms in total. The minimum atomic E-state index is -4.35. The number of aromatic amines is 1. The summed E-state index contributed by atoms with van der Waals surface area (Å²) in [6.07, 6.45) is -1.73. The number of hydrogen-bond donors (Lipinski definition) is 2. The third-order valence-corrected chi connectivity index (χ3v) is 9.03. The van der Waals surface area contributed by atoms with Crippen LogP contribution in [0.15, 0.2) is 64.3 Å². The third kappa shape index (κ3) is 7.52. The first-order valence-corrected chi connectivity index (χ1v) is 15.6. The van der Waals surface area contributed by atoms with Crippen molar-refractivity contribution < 1.29 is 36.7 Å². The van der Waals surface area contributed by atoms with Crippen LogP contribution in [-0.4, -0.2) is 46.0 Å². The molecule has 2 N–H and O–H groups in total. The van der Waals surface area contributed by atoms with Crippen molar-refractivity contribution in [2.45, 2.75) is 71.7 Å². The molecule has 1 aromatic heterocycles. The molecule has 0 radical (unpaired) electrons. The quantitative estimate of drug-likeness (QED) is 0.219. The monoisotopic (exact) mass is 635 g/mol. The molecule has 238 valence electrons. The van der Waals surface area contributed by atoms with Gasteiger partial charge in [-0.2, -0.15) is 5.09 Å². The van der Waals surface area contributed by atoms with E-state index in [1.54, 1.807) is 52.0 Å². The van der Waals surface area contributed by atoms with Gasteiger partial charge in [-0.1, -0.05) is 31.2 Å². The molecule has 1 aliphatic rings. The highest BCUT2D eigenvalue weighted by Crippen LogP contribution is 2.49. The summed E-state index contributed by atoms with van der Waals surface area (Å²) in [4.78, 5) is 38.4. The fraction of sp³-hybridized carbons (Fsp3) is 0.433. The summed E-state index contributed by atoms with van der Waals surface area (Å²) in [5.74, 6) is -1.82. The SMILES string of the molecule is Cc1ccc(-c2ccc(OP(=O)(N[C@@H](C)C(=O)OC(C)C)OC[C@H]3O[C@@H](n4ccc(=O)[nH]c4=O)[C@](C)(F)C3C)cc2)cc1F. The van der Waals surface area contributed by atoms with Crippen LogP contribution >= 0.6 is 7.75 Å². The maximum absolute atomic E-state index is 15.9. The van der Waals surface area contributed by atoms with E-state index in [0.717, 1.165) is 16.8 Å². The number of rotatable bonds is 11. The minimum Gasteiger partial charge on any atom is -0.462 e. The van der Waals surface area contributed by atoms with Crippen LogP contribution in [0.3, 0.4) is 0 Å². The van der Waals surface area contributed by atoms with E-state index in [9.17, 15) is 23.3 Å². The second-order valence-electron chi connectivity index (χ2n) is 11.2. The number of aromatic nitrogens is 2. The number of ether oxygens (including phenoxy) is 2. The average Bonchev–Trinajstić information content (AvgIpc) is 3.17. The lowest BCUT2D eigenvalue weighted by molar-refractivity contribution is -0.149. The topological polar surface area (TPSA) is 138 Å². The van der Waals surface area contributed by atoms with Crippen LogP contribution in [0.4, 0.5) is 8.78 Å². The highest BCUT2D eigenvalue weighted by atomic mass is 31.2. The zero-order chi connectivity index (χ0) is 32.4. The number of nitrogens with one attached hydrogen (secondary N) is 2. The molecular weight excluding hydrogens is 599 g/mol. The van der Waals surface area contributed by atoms with E-state index in [-0.39, 0.29) is 11.6 Å². The number of hydrogen-bond acceptors (Lipinski definition) is 8. The highest BCUT2D eigenvalue weighted by molar-refractivity contribution is 7.52. The number of carbonyl (C=O) groups excluding carboxylic acids is 1. The maximum atomic E-state index is 15.9. The van der Waals surface area contributed by atoms with Gasteiger partial charge >= 0.3 is 19.4 Å². The van der Waals surface area contributed by atoms with Crippen molar-refractivity contribution in [2.75, 3.05) is 6.61 Å². The van der Waals surface area contributed by atoms with E-state index < -0.39 is 67.6 Å². The molecular formula is C30H36F2N3O8P. The van der Waals surface area contributed by atoms with Crippen molar-refractivity contribution in [2.24, 2.45) is 5.92 Å². The van der Waals surface area contributed by atoms with Crippen molar-refractivity contribution in [1.82, 2.24) is 14.6 Å². The van der Waals surface area contributed by atoms with Crippen molar-refractivity contribution in [3.63, 3.8) is 0 Å². The van der Waals surface area contributed by atoms with Crippen LogP contribution < -0.4 is 20.9 Å². The molecule has 2 aromatic carbocycles. The number of H-pyrrole nitrogens is 1. The molecule has 2 heterocycles. The summed E-state index contributed by atoms with van der Waals surface area (Å²) in [5, 5.41) is 2.57. The summed E-state index contributed by atoms with van der Waals surface area (Å²) in [7, 11) is -4.35. The van der Waals surface area contributed by atoms with Crippen LogP contribution in [0.1, 0.15) is 46.4 Å². The van der Waals surface area contributed by atoms with Gasteiger partial charge in [0.25, 0.3) is 5.56 Å². The second kappa shape index (κ2) is 13.2.